The first-order chi connectivity index (χ1) is 13.0. The number of piperidine rings is 1. The molecule has 1 aliphatic rings. The zero-order chi connectivity index (χ0) is 19.1. The summed E-state index contributed by atoms with van der Waals surface area (Å²) in [5.41, 5.74) is 2.48. The van der Waals surface area contributed by atoms with Gasteiger partial charge in [0.2, 0.25) is 5.28 Å². The number of hydrogen-bond donors (Lipinski definition) is 0. The van der Waals surface area contributed by atoms with Gasteiger partial charge in [-0.3, -0.25) is 0 Å². The van der Waals surface area contributed by atoms with Crippen molar-refractivity contribution >= 4 is 54.9 Å². The molecule has 1 fully saturated rings. The summed E-state index contributed by atoms with van der Waals surface area (Å²) in [5, 5.41) is 1.50. The Balaban J connectivity index is 2.01. The van der Waals surface area contributed by atoms with Gasteiger partial charge >= 0.3 is 0 Å². The number of fused-ring (bicyclic) bond motifs is 1. The molecule has 4 rings (SSSR count). The largest absolute Gasteiger partial charge is 0.351 e. The van der Waals surface area contributed by atoms with Crippen LogP contribution < -0.4 is 4.90 Å². The van der Waals surface area contributed by atoms with E-state index in [9.17, 15) is 0 Å². The van der Waals surface area contributed by atoms with E-state index < -0.39 is 0 Å². The number of benzene rings is 1. The van der Waals surface area contributed by atoms with Gasteiger partial charge in [0.15, 0.2) is 0 Å². The molecule has 2 atom stereocenters. The van der Waals surface area contributed by atoms with Crippen LogP contribution in [-0.4, -0.2) is 22.1 Å². The van der Waals surface area contributed by atoms with Gasteiger partial charge in [-0.2, -0.15) is 4.98 Å². The van der Waals surface area contributed by atoms with Gasteiger partial charge in [0.25, 0.3) is 0 Å². The van der Waals surface area contributed by atoms with Crippen molar-refractivity contribution in [2.24, 2.45) is 0 Å². The highest BCUT2D eigenvalue weighted by Gasteiger charge is 2.30. The third-order valence-corrected chi connectivity index (χ3v) is 7.40. The van der Waals surface area contributed by atoms with Crippen molar-refractivity contribution in [3.63, 3.8) is 0 Å². The highest BCUT2D eigenvalue weighted by atomic mass is 79.9. The smallest absolute Gasteiger partial charge is 0.225 e. The Hall–Kier alpha value is -1.17. The van der Waals surface area contributed by atoms with Gasteiger partial charge in [0, 0.05) is 27.0 Å². The first-order valence-electron chi connectivity index (χ1n) is 9.52. The fraction of sp³-hybridized carbons (Fsp3) is 0.429. The topological polar surface area (TPSA) is 29.0 Å². The molecule has 3 aromatic rings. The minimum absolute atomic E-state index is 0.341. The summed E-state index contributed by atoms with van der Waals surface area (Å²) < 4.78 is 1.08. The molecule has 142 valence electrons. The van der Waals surface area contributed by atoms with Crippen LogP contribution >= 0.6 is 38.9 Å². The number of halogens is 2. The molecule has 0 amide bonds. The number of aryl methyl sites for hydroxylation is 1. The Morgan fingerprint density at radius 3 is 2.44 bits per heavy atom. The van der Waals surface area contributed by atoms with Crippen molar-refractivity contribution < 1.29 is 0 Å². The molecule has 6 heteroatoms. The SMILES string of the molecule is CCc1sc2nc(Cl)nc(N3C(C)CCCC3C)c2c1-c1ccc(Br)cc1. The fourth-order valence-electron chi connectivity index (χ4n) is 4.20. The minimum Gasteiger partial charge on any atom is -0.351 e. The summed E-state index contributed by atoms with van der Waals surface area (Å²) in [5.74, 6) is 0.999. The molecule has 0 aliphatic carbocycles. The average Bonchev–Trinajstić information content (AvgIpc) is 3.00. The van der Waals surface area contributed by atoms with E-state index in [1.54, 1.807) is 11.3 Å². The molecule has 1 aromatic carbocycles. The Bertz CT molecular complexity index is 960. The maximum absolute atomic E-state index is 6.36. The van der Waals surface area contributed by atoms with Crippen molar-refractivity contribution in [3.8, 4) is 11.1 Å². The van der Waals surface area contributed by atoms with Crippen LogP contribution in [0, 0.1) is 0 Å². The molecule has 2 aromatic heterocycles. The van der Waals surface area contributed by atoms with E-state index in [2.05, 4.69) is 70.9 Å². The first-order valence-corrected chi connectivity index (χ1v) is 11.5. The Labute approximate surface area is 177 Å². The third kappa shape index (κ3) is 3.50. The highest BCUT2D eigenvalue weighted by molar-refractivity contribution is 9.10. The first kappa shape index (κ1) is 19.2. The molecular weight excluding hydrogens is 442 g/mol. The highest BCUT2D eigenvalue weighted by Crippen LogP contribution is 2.44. The Kier molecular flexibility index (Phi) is 5.45. The molecule has 0 N–H and O–H groups in total. The second-order valence-corrected chi connectivity index (χ2v) is 9.63. The van der Waals surface area contributed by atoms with Crippen LogP contribution in [0.1, 0.15) is 44.9 Å². The van der Waals surface area contributed by atoms with Crippen LogP contribution in [0.2, 0.25) is 5.28 Å². The van der Waals surface area contributed by atoms with E-state index in [0.29, 0.717) is 17.4 Å². The van der Waals surface area contributed by atoms with Gasteiger partial charge in [-0.25, -0.2) is 4.98 Å². The number of rotatable bonds is 3. The normalized spacial score (nSPS) is 20.4. The van der Waals surface area contributed by atoms with Gasteiger partial charge in [0.05, 0.1) is 5.39 Å². The van der Waals surface area contributed by atoms with Crippen molar-refractivity contribution in [2.45, 2.75) is 58.5 Å². The molecule has 0 spiro atoms. The third-order valence-electron chi connectivity index (χ3n) is 5.47. The predicted octanol–water partition coefficient (Wildman–Crippen LogP) is 7.10. The predicted molar refractivity (Wildman–Crippen MR) is 120 cm³/mol. The lowest BCUT2D eigenvalue weighted by atomic mass is 9.96. The Morgan fingerprint density at radius 1 is 1.15 bits per heavy atom. The molecule has 1 aliphatic heterocycles. The van der Waals surface area contributed by atoms with Gasteiger partial charge in [-0.15, -0.1) is 11.3 Å². The summed E-state index contributed by atoms with van der Waals surface area (Å²) in [6, 6.07) is 9.44. The van der Waals surface area contributed by atoms with E-state index in [4.69, 9.17) is 16.6 Å². The molecule has 0 bridgehead atoms. The van der Waals surface area contributed by atoms with Crippen LogP contribution in [0.4, 0.5) is 5.82 Å². The van der Waals surface area contributed by atoms with Crippen LogP contribution in [0.3, 0.4) is 0 Å². The zero-order valence-corrected chi connectivity index (χ0v) is 19.0. The van der Waals surface area contributed by atoms with Crippen LogP contribution in [0.5, 0.6) is 0 Å². The lowest BCUT2D eigenvalue weighted by Crippen LogP contribution is -2.44. The number of nitrogens with zero attached hydrogens (tertiary/aromatic N) is 3. The lowest BCUT2D eigenvalue weighted by molar-refractivity contribution is 0.412. The molecule has 3 nitrogen and oxygen atoms in total. The quantitative estimate of drug-likeness (QED) is 0.387. The van der Waals surface area contributed by atoms with Crippen molar-refractivity contribution in [1.82, 2.24) is 9.97 Å². The summed E-state index contributed by atoms with van der Waals surface area (Å²) in [4.78, 5) is 14.1. The van der Waals surface area contributed by atoms with E-state index in [-0.39, 0.29) is 0 Å². The van der Waals surface area contributed by atoms with Crippen LogP contribution in [-0.2, 0) is 6.42 Å². The number of hydrogen-bond acceptors (Lipinski definition) is 4. The monoisotopic (exact) mass is 463 g/mol. The summed E-state index contributed by atoms with van der Waals surface area (Å²) >= 11 is 11.7. The zero-order valence-electron chi connectivity index (χ0n) is 15.8. The van der Waals surface area contributed by atoms with Gasteiger partial charge in [-0.05, 0) is 68.8 Å². The van der Waals surface area contributed by atoms with Crippen molar-refractivity contribution in [1.29, 1.82) is 0 Å². The standard InChI is InChI=1S/C21H23BrClN3S/c1-4-16-17(14-8-10-15(22)11-9-14)18-19(24-21(23)25-20(18)27-16)26-12(2)6-5-7-13(26)3/h8-13H,4-7H2,1-3H3. The van der Waals surface area contributed by atoms with E-state index in [1.807, 2.05) is 0 Å². The second-order valence-electron chi connectivity index (χ2n) is 7.29. The number of anilines is 1. The van der Waals surface area contributed by atoms with E-state index in [1.165, 1.54) is 35.3 Å². The van der Waals surface area contributed by atoms with Crippen LogP contribution in [0.25, 0.3) is 21.3 Å². The number of thiophene rings is 1. The summed E-state index contributed by atoms with van der Waals surface area (Å²) in [6.45, 7) is 6.79. The maximum atomic E-state index is 6.36. The fourth-order valence-corrected chi connectivity index (χ4v) is 5.81. The summed E-state index contributed by atoms with van der Waals surface area (Å²) in [6.07, 6.45) is 4.61. The van der Waals surface area contributed by atoms with Gasteiger partial charge < -0.3 is 4.90 Å². The van der Waals surface area contributed by atoms with Gasteiger partial charge in [0.1, 0.15) is 10.6 Å². The molecule has 1 saturated heterocycles. The van der Waals surface area contributed by atoms with E-state index in [0.717, 1.165) is 26.9 Å². The lowest BCUT2D eigenvalue weighted by Gasteiger charge is -2.40. The Morgan fingerprint density at radius 2 is 1.81 bits per heavy atom. The number of aromatic nitrogens is 2. The minimum atomic E-state index is 0.341. The van der Waals surface area contributed by atoms with Crippen molar-refractivity contribution in [3.05, 3.63) is 38.9 Å². The molecule has 0 saturated carbocycles. The summed E-state index contributed by atoms with van der Waals surface area (Å²) in [7, 11) is 0. The van der Waals surface area contributed by atoms with Crippen LogP contribution in [0.15, 0.2) is 28.7 Å². The van der Waals surface area contributed by atoms with Gasteiger partial charge in [-0.1, -0.05) is 35.0 Å². The maximum Gasteiger partial charge on any atom is 0.225 e. The molecular formula is C21H23BrClN3S. The van der Waals surface area contributed by atoms with E-state index >= 15 is 0 Å². The molecule has 27 heavy (non-hydrogen) atoms. The molecule has 2 unspecified atom stereocenters. The van der Waals surface area contributed by atoms with Crippen molar-refractivity contribution in [2.75, 3.05) is 4.90 Å². The molecule has 3 heterocycles. The second kappa shape index (κ2) is 7.69. The molecule has 0 radical (unpaired) electrons. The average molecular weight is 465 g/mol.